The van der Waals surface area contributed by atoms with Crippen molar-refractivity contribution in [2.45, 2.75) is 135 Å². The molecule has 4 rings (SSSR count). The summed E-state index contributed by atoms with van der Waals surface area (Å²) in [7, 11) is 5.33. The molecular weight excluding hydrogens is 674 g/mol. The molecule has 0 aromatic rings. The van der Waals surface area contributed by atoms with Crippen molar-refractivity contribution in [3.8, 4) is 0 Å². The van der Waals surface area contributed by atoms with Crippen LogP contribution in [0, 0.1) is 23.7 Å². The molecule has 0 aromatic carbocycles. The van der Waals surface area contributed by atoms with E-state index in [2.05, 4.69) is 24.1 Å². The smallest absolute Gasteiger partial charge is 0.408 e. The second kappa shape index (κ2) is 17.2. The van der Waals surface area contributed by atoms with Crippen LogP contribution in [0.25, 0.3) is 0 Å². The SMILES string of the molecule is C=C1CO[C@H]2[C@H](C)[C@@H](O[C@@H]3O[C@H](C)C[C@H](N(C)C)[C@H]3O)[C@@](C)(C[C@@H](C)/C(=C\COC(=O)NC)[C@H](C)[C@H]3NC(=O)O[C@]3(C)[C@@H](CC)OC(=O)[C@@H]2C)OC1. The molecule has 3 N–H and O–H groups in total. The molecule has 4 aliphatic rings. The van der Waals surface area contributed by atoms with E-state index in [4.69, 9.17) is 33.2 Å². The van der Waals surface area contributed by atoms with Gasteiger partial charge in [-0.2, -0.15) is 0 Å². The van der Waals surface area contributed by atoms with Crippen molar-refractivity contribution in [2.24, 2.45) is 23.7 Å². The van der Waals surface area contributed by atoms with E-state index in [0.29, 0.717) is 24.8 Å². The van der Waals surface area contributed by atoms with Crippen LogP contribution < -0.4 is 10.6 Å². The Kier molecular flexibility index (Phi) is 13.9. The Bertz CT molecular complexity index is 1330. The first-order chi connectivity index (χ1) is 24.4. The number of likely N-dealkylation sites (N-methyl/N-ethyl adjacent to an activating group) is 1. The highest BCUT2D eigenvalue weighted by molar-refractivity contribution is 5.74. The van der Waals surface area contributed by atoms with Crippen LogP contribution in [0.15, 0.2) is 23.8 Å². The van der Waals surface area contributed by atoms with Crippen LogP contribution in [0.1, 0.15) is 74.7 Å². The number of carbonyl (C=O) groups excluding carboxylic acids is 3. The fourth-order valence-corrected chi connectivity index (χ4v) is 8.80. The Labute approximate surface area is 309 Å². The number of fused-ring (bicyclic) bond motifs is 4. The van der Waals surface area contributed by atoms with E-state index in [9.17, 15) is 19.5 Å². The van der Waals surface area contributed by atoms with Crippen LogP contribution in [0.2, 0.25) is 0 Å². The molecule has 0 saturated carbocycles. The lowest BCUT2D eigenvalue weighted by Crippen LogP contribution is -2.60. The van der Waals surface area contributed by atoms with E-state index < -0.39 is 77.9 Å². The monoisotopic (exact) mass is 737 g/mol. The molecule has 0 radical (unpaired) electrons. The Balaban J connectivity index is 1.90. The molecule has 14 nitrogen and oxygen atoms in total. The van der Waals surface area contributed by atoms with Gasteiger partial charge in [0.05, 0.1) is 49.1 Å². The largest absolute Gasteiger partial charge is 0.458 e. The maximum Gasteiger partial charge on any atom is 0.408 e. The summed E-state index contributed by atoms with van der Waals surface area (Å²) in [6.45, 7) is 19.9. The van der Waals surface area contributed by atoms with E-state index in [1.165, 1.54) is 7.05 Å². The molecule has 0 aliphatic carbocycles. The Hall–Kier alpha value is -2.75. The summed E-state index contributed by atoms with van der Waals surface area (Å²) < 4.78 is 44.2. The minimum atomic E-state index is -1.23. The van der Waals surface area contributed by atoms with Gasteiger partial charge in [-0.25, -0.2) is 9.59 Å². The van der Waals surface area contributed by atoms with Crippen LogP contribution in [0.3, 0.4) is 0 Å². The number of aliphatic hydroxyl groups excluding tert-OH is 1. The summed E-state index contributed by atoms with van der Waals surface area (Å²) in [6.07, 6.45) is -2.41. The van der Waals surface area contributed by atoms with Crippen molar-refractivity contribution in [2.75, 3.05) is 41.0 Å². The number of carbonyl (C=O) groups is 3. The maximum absolute atomic E-state index is 14.2. The first kappa shape index (κ1) is 42.0. The molecule has 0 spiro atoms. The van der Waals surface area contributed by atoms with E-state index in [1.54, 1.807) is 13.8 Å². The summed E-state index contributed by atoms with van der Waals surface area (Å²) in [5.41, 5.74) is -0.737. The number of ether oxygens (including phenoxy) is 7. The van der Waals surface area contributed by atoms with Gasteiger partial charge in [0.2, 0.25) is 0 Å². The van der Waals surface area contributed by atoms with Gasteiger partial charge in [0.1, 0.15) is 18.8 Å². The standard InChI is InChI=1S/C38H63N3O11/c1-13-28-38(9)31(40-36(45)52-38)23(5)26(14-15-46-35(44)39-10)21(3)17-37(8)32(51-34-29(42)27(41(11)12)16-22(4)49-34)24(6)30(25(7)33(43)50-28)47-18-20(2)19-48-37/h14,21-25,27-32,34,42H,2,13,15-19H2,1,3-12H3,(H,39,44)(H,40,45)/b26-14+/t21-,22-,23+,24+,25-,27+,28-,29-,30+,31-,32-,34+,37-,38-/m1/s1. The third-order valence-corrected chi connectivity index (χ3v) is 11.6. The number of hydrogen-bond donors (Lipinski definition) is 3. The molecule has 14 heteroatoms. The van der Waals surface area contributed by atoms with Crippen molar-refractivity contribution in [1.29, 1.82) is 0 Å². The number of nitrogens with zero attached hydrogens (tertiary/aromatic N) is 1. The second-order valence-electron chi connectivity index (χ2n) is 15.9. The average molecular weight is 738 g/mol. The topological polar surface area (TPSA) is 163 Å². The predicted octanol–water partition coefficient (Wildman–Crippen LogP) is 3.95. The average Bonchev–Trinajstić information content (AvgIpc) is 3.41. The van der Waals surface area contributed by atoms with Gasteiger partial charge in [-0.3, -0.25) is 4.79 Å². The van der Waals surface area contributed by atoms with Crippen LogP contribution in [0.5, 0.6) is 0 Å². The minimum absolute atomic E-state index is 0.0296. The lowest BCUT2D eigenvalue weighted by atomic mass is 9.71. The number of aliphatic hydroxyl groups is 1. The normalized spacial score (nSPS) is 42.9. The van der Waals surface area contributed by atoms with Gasteiger partial charge < -0.3 is 53.8 Å². The van der Waals surface area contributed by atoms with Gasteiger partial charge in [-0.1, -0.05) is 39.8 Å². The predicted molar refractivity (Wildman–Crippen MR) is 192 cm³/mol. The molecule has 2 amide bonds. The highest BCUT2D eigenvalue weighted by atomic mass is 16.7. The van der Waals surface area contributed by atoms with Crippen molar-refractivity contribution in [3.63, 3.8) is 0 Å². The molecule has 4 saturated heterocycles. The van der Waals surface area contributed by atoms with Crippen LogP contribution >= 0.6 is 0 Å². The molecular formula is C38H63N3O11. The van der Waals surface area contributed by atoms with Crippen LogP contribution in [-0.4, -0.2) is 129 Å². The number of nitrogens with one attached hydrogen (secondary N) is 2. The van der Waals surface area contributed by atoms with Crippen molar-refractivity contribution in [3.05, 3.63) is 23.8 Å². The van der Waals surface area contributed by atoms with Gasteiger partial charge in [-0.05, 0) is 78.6 Å². The third-order valence-electron chi connectivity index (χ3n) is 11.6. The molecule has 4 aliphatic heterocycles. The first-order valence-corrected chi connectivity index (χ1v) is 18.7. The van der Waals surface area contributed by atoms with Gasteiger partial charge in [0.25, 0.3) is 0 Å². The number of esters is 1. The Morgan fingerprint density at radius 1 is 1.13 bits per heavy atom. The molecule has 296 valence electrons. The van der Waals surface area contributed by atoms with E-state index in [0.717, 1.165) is 5.57 Å². The van der Waals surface area contributed by atoms with E-state index >= 15 is 0 Å². The summed E-state index contributed by atoms with van der Waals surface area (Å²) >= 11 is 0. The quantitative estimate of drug-likeness (QED) is 0.205. The molecule has 14 atom stereocenters. The summed E-state index contributed by atoms with van der Waals surface area (Å²) in [5, 5.41) is 17.1. The van der Waals surface area contributed by atoms with Gasteiger partial charge in [-0.15, -0.1) is 0 Å². The minimum Gasteiger partial charge on any atom is -0.458 e. The molecule has 4 heterocycles. The van der Waals surface area contributed by atoms with Crippen molar-refractivity contribution in [1.82, 2.24) is 15.5 Å². The van der Waals surface area contributed by atoms with E-state index in [-0.39, 0.29) is 43.8 Å². The summed E-state index contributed by atoms with van der Waals surface area (Å²) in [5.74, 6) is -2.40. The first-order valence-electron chi connectivity index (χ1n) is 18.7. The fourth-order valence-electron chi connectivity index (χ4n) is 8.80. The third kappa shape index (κ3) is 8.95. The van der Waals surface area contributed by atoms with Crippen molar-refractivity contribution < 1.29 is 52.6 Å². The lowest BCUT2D eigenvalue weighted by molar-refractivity contribution is -0.302. The van der Waals surface area contributed by atoms with Gasteiger partial charge >= 0.3 is 18.2 Å². The Morgan fingerprint density at radius 3 is 2.46 bits per heavy atom. The molecule has 52 heavy (non-hydrogen) atoms. The number of alkyl carbamates (subject to hydrolysis) is 2. The number of hydrogen-bond acceptors (Lipinski definition) is 12. The number of rotatable bonds is 6. The second-order valence-corrected chi connectivity index (χ2v) is 15.9. The highest BCUT2D eigenvalue weighted by Crippen LogP contribution is 2.44. The molecule has 0 unspecified atom stereocenters. The molecule has 4 fully saturated rings. The fraction of sp³-hybridized carbons (Fsp3) is 0.816. The van der Waals surface area contributed by atoms with Crippen LogP contribution in [0.4, 0.5) is 9.59 Å². The molecule has 2 bridgehead atoms. The zero-order valence-electron chi connectivity index (χ0n) is 32.9. The summed E-state index contributed by atoms with van der Waals surface area (Å²) in [4.78, 5) is 41.2. The lowest BCUT2D eigenvalue weighted by Gasteiger charge is -2.49. The summed E-state index contributed by atoms with van der Waals surface area (Å²) in [6, 6.07) is -0.828. The van der Waals surface area contributed by atoms with Crippen LogP contribution in [-0.2, 0) is 38.0 Å². The zero-order valence-corrected chi connectivity index (χ0v) is 32.9. The number of amides is 2. The van der Waals surface area contributed by atoms with E-state index in [1.807, 2.05) is 59.7 Å². The maximum atomic E-state index is 14.2. The Morgan fingerprint density at radius 2 is 1.83 bits per heavy atom. The molecule has 0 aromatic heterocycles. The highest BCUT2D eigenvalue weighted by Gasteiger charge is 2.57. The number of cyclic esters (lactones) is 1. The van der Waals surface area contributed by atoms with Gasteiger partial charge in [0.15, 0.2) is 11.9 Å². The zero-order chi connectivity index (χ0) is 38.7. The van der Waals surface area contributed by atoms with Gasteiger partial charge in [0, 0.05) is 24.9 Å². The van der Waals surface area contributed by atoms with Crippen molar-refractivity contribution >= 4 is 18.2 Å².